The number of benzene rings is 4. The lowest BCUT2D eigenvalue weighted by molar-refractivity contribution is -0.116. The van der Waals surface area contributed by atoms with Gasteiger partial charge in [-0.25, -0.2) is 4.39 Å². The van der Waals surface area contributed by atoms with Crippen molar-refractivity contribution >= 4 is 34.2 Å². The SMILES string of the molecule is CC(=O)N(CC(c1ccc(CI)cc1)C(c1ccccc1)c1ccccc1)c1ccc(F)cc1. The largest absolute Gasteiger partial charge is 0.312 e. The number of halogens is 2. The van der Waals surface area contributed by atoms with E-state index in [-0.39, 0.29) is 23.6 Å². The first-order chi connectivity index (χ1) is 16.6. The van der Waals surface area contributed by atoms with Crippen LogP contribution in [-0.2, 0) is 9.22 Å². The molecule has 1 unspecified atom stereocenters. The summed E-state index contributed by atoms with van der Waals surface area (Å²) in [5.41, 5.74) is 5.52. The molecule has 4 heteroatoms. The highest BCUT2D eigenvalue weighted by Gasteiger charge is 2.30. The maximum Gasteiger partial charge on any atom is 0.223 e. The molecule has 2 nitrogen and oxygen atoms in total. The Balaban J connectivity index is 1.84. The molecule has 1 atom stereocenters. The quantitative estimate of drug-likeness (QED) is 0.159. The molecule has 4 aromatic carbocycles. The third-order valence-corrected chi connectivity index (χ3v) is 7.06. The molecule has 4 rings (SSSR count). The molecule has 0 aromatic heterocycles. The lowest BCUT2D eigenvalue weighted by Crippen LogP contribution is -2.35. The molecule has 0 aliphatic heterocycles. The summed E-state index contributed by atoms with van der Waals surface area (Å²) < 4.78 is 14.6. The van der Waals surface area contributed by atoms with Gasteiger partial charge in [0.15, 0.2) is 0 Å². The van der Waals surface area contributed by atoms with E-state index in [0.717, 1.165) is 4.43 Å². The van der Waals surface area contributed by atoms with Crippen LogP contribution in [0.3, 0.4) is 0 Å². The zero-order chi connectivity index (χ0) is 23.9. The van der Waals surface area contributed by atoms with Crippen LogP contribution in [0.4, 0.5) is 10.1 Å². The van der Waals surface area contributed by atoms with Gasteiger partial charge in [-0.1, -0.05) is 108 Å². The molecule has 4 aromatic rings. The molecule has 0 heterocycles. The van der Waals surface area contributed by atoms with Crippen LogP contribution in [0.5, 0.6) is 0 Å². The lowest BCUT2D eigenvalue weighted by Gasteiger charge is -2.33. The molecule has 0 spiro atoms. The average molecular weight is 563 g/mol. The number of carbonyl (C=O) groups excluding carboxylic acids is 1. The number of alkyl halides is 1. The summed E-state index contributed by atoms with van der Waals surface area (Å²) in [5.74, 6) is -0.359. The fourth-order valence-corrected chi connectivity index (χ4v) is 4.98. The molecule has 172 valence electrons. The van der Waals surface area contributed by atoms with Crippen molar-refractivity contribution in [2.75, 3.05) is 11.4 Å². The predicted octanol–water partition coefficient (Wildman–Crippen LogP) is 7.73. The van der Waals surface area contributed by atoms with Crippen molar-refractivity contribution in [2.24, 2.45) is 0 Å². The topological polar surface area (TPSA) is 20.3 Å². The number of hydrogen-bond donors (Lipinski definition) is 0. The molecule has 0 aliphatic rings. The van der Waals surface area contributed by atoms with Crippen molar-refractivity contribution in [3.05, 3.63) is 137 Å². The molecule has 34 heavy (non-hydrogen) atoms. The van der Waals surface area contributed by atoms with Crippen LogP contribution in [0.1, 0.15) is 41.0 Å². The second-order valence-electron chi connectivity index (χ2n) is 8.39. The van der Waals surface area contributed by atoms with E-state index in [0.29, 0.717) is 12.2 Å². The highest BCUT2D eigenvalue weighted by molar-refractivity contribution is 14.1. The van der Waals surface area contributed by atoms with Crippen molar-refractivity contribution in [3.63, 3.8) is 0 Å². The van der Waals surface area contributed by atoms with E-state index >= 15 is 0 Å². The third-order valence-electron chi connectivity index (χ3n) is 6.18. The minimum absolute atomic E-state index is 0.0120. The number of carbonyl (C=O) groups is 1. The molecular weight excluding hydrogens is 536 g/mol. The number of hydrogen-bond acceptors (Lipinski definition) is 1. The monoisotopic (exact) mass is 563 g/mol. The van der Waals surface area contributed by atoms with E-state index in [1.54, 1.807) is 24.0 Å². The summed E-state index contributed by atoms with van der Waals surface area (Å²) in [4.78, 5) is 14.6. The van der Waals surface area contributed by atoms with Gasteiger partial charge < -0.3 is 4.90 Å². The Morgan fingerprint density at radius 3 is 1.76 bits per heavy atom. The maximum absolute atomic E-state index is 13.6. The van der Waals surface area contributed by atoms with Gasteiger partial charge in [0.05, 0.1) is 0 Å². The number of nitrogens with zero attached hydrogens (tertiary/aromatic N) is 1. The average Bonchev–Trinajstić information content (AvgIpc) is 2.88. The van der Waals surface area contributed by atoms with Crippen LogP contribution < -0.4 is 4.90 Å². The zero-order valence-electron chi connectivity index (χ0n) is 19.1. The standard InChI is InChI=1S/C30H27FINO/c1-22(34)33(28-18-16-27(31)17-19-28)21-29(24-14-12-23(20-32)13-15-24)30(25-8-4-2-5-9-25)26-10-6-3-7-11-26/h2-19,29-30H,20-21H2,1H3. The van der Waals surface area contributed by atoms with Gasteiger partial charge in [0.1, 0.15) is 5.82 Å². The van der Waals surface area contributed by atoms with Gasteiger partial charge in [0, 0.05) is 35.4 Å². The smallest absolute Gasteiger partial charge is 0.223 e. The minimum atomic E-state index is -0.315. The van der Waals surface area contributed by atoms with E-state index in [4.69, 9.17) is 0 Å². The van der Waals surface area contributed by atoms with E-state index in [1.807, 2.05) is 12.1 Å². The van der Waals surface area contributed by atoms with Crippen LogP contribution in [-0.4, -0.2) is 12.5 Å². The Bertz CT molecular complexity index is 1150. The van der Waals surface area contributed by atoms with Gasteiger partial charge in [-0.3, -0.25) is 4.79 Å². The maximum atomic E-state index is 13.6. The molecule has 0 radical (unpaired) electrons. The first-order valence-corrected chi connectivity index (χ1v) is 12.9. The Labute approximate surface area is 214 Å². The van der Waals surface area contributed by atoms with Gasteiger partial charge in [-0.05, 0) is 46.5 Å². The lowest BCUT2D eigenvalue weighted by atomic mass is 9.76. The van der Waals surface area contributed by atoms with Gasteiger partial charge >= 0.3 is 0 Å². The number of rotatable bonds is 8. The van der Waals surface area contributed by atoms with E-state index < -0.39 is 0 Å². The normalized spacial score (nSPS) is 11.9. The molecule has 0 N–H and O–H groups in total. The second-order valence-corrected chi connectivity index (χ2v) is 9.15. The van der Waals surface area contributed by atoms with Gasteiger partial charge in [-0.15, -0.1) is 0 Å². The molecule has 0 saturated carbocycles. The Kier molecular flexibility index (Phi) is 8.12. The summed E-state index contributed by atoms with van der Waals surface area (Å²) in [6, 6.07) is 35.7. The fraction of sp³-hybridized carbons (Fsp3) is 0.167. The molecule has 1 amide bonds. The predicted molar refractivity (Wildman–Crippen MR) is 146 cm³/mol. The Morgan fingerprint density at radius 2 is 1.29 bits per heavy atom. The number of amides is 1. The highest BCUT2D eigenvalue weighted by atomic mass is 127. The zero-order valence-corrected chi connectivity index (χ0v) is 21.2. The Morgan fingerprint density at radius 1 is 0.765 bits per heavy atom. The van der Waals surface area contributed by atoms with Crippen molar-refractivity contribution in [1.82, 2.24) is 0 Å². The van der Waals surface area contributed by atoms with Crippen molar-refractivity contribution < 1.29 is 9.18 Å². The molecule has 0 saturated heterocycles. The first-order valence-electron chi connectivity index (χ1n) is 11.3. The van der Waals surface area contributed by atoms with Gasteiger partial charge in [0.25, 0.3) is 0 Å². The molecule has 0 bridgehead atoms. The second kappa shape index (κ2) is 11.4. The van der Waals surface area contributed by atoms with Crippen LogP contribution >= 0.6 is 22.6 Å². The summed E-state index contributed by atoms with van der Waals surface area (Å²) in [5, 5.41) is 0. The molecule has 0 fully saturated rings. The van der Waals surface area contributed by atoms with Crippen LogP contribution in [0.2, 0.25) is 0 Å². The first kappa shape index (κ1) is 24.1. The fourth-order valence-electron chi connectivity index (χ4n) is 4.47. The third kappa shape index (κ3) is 5.73. The molecular formula is C30H27FINO. The summed E-state index contributed by atoms with van der Waals surface area (Å²) in [7, 11) is 0. The summed E-state index contributed by atoms with van der Waals surface area (Å²) in [6.07, 6.45) is 0. The highest BCUT2D eigenvalue weighted by Crippen LogP contribution is 2.40. The van der Waals surface area contributed by atoms with Crippen molar-refractivity contribution in [3.8, 4) is 0 Å². The summed E-state index contributed by atoms with van der Waals surface area (Å²) in [6.45, 7) is 2.04. The van der Waals surface area contributed by atoms with Gasteiger partial charge in [0.2, 0.25) is 5.91 Å². The molecule has 0 aliphatic carbocycles. The number of anilines is 1. The van der Waals surface area contributed by atoms with Gasteiger partial charge in [-0.2, -0.15) is 0 Å². The van der Waals surface area contributed by atoms with Crippen molar-refractivity contribution in [2.45, 2.75) is 23.2 Å². The Hall–Kier alpha value is -2.99. The van der Waals surface area contributed by atoms with Crippen LogP contribution in [0.25, 0.3) is 0 Å². The van der Waals surface area contributed by atoms with Crippen LogP contribution in [0.15, 0.2) is 109 Å². The van der Waals surface area contributed by atoms with E-state index in [2.05, 4.69) is 95.4 Å². The van der Waals surface area contributed by atoms with Crippen LogP contribution in [0, 0.1) is 5.82 Å². The minimum Gasteiger partial charge on any atom is -0.312 e. The van der Waals surface area contributed by atoms with E-state index in [1.165, 1.54) is 34.4 Å². The van der Waals surface area contributed by atoms with Crippen molar-refractivity contribution in [1.29, 1.82) is 0 Å². The van der Waals surface area contributed by atoms with E-state index in [9.17, 15) is 9.18 Å². The summed E-state index contributed by atoms with van der Waals surface area (Å²) >= 11 is 2.37.